The zero-order valence-corrected chi connectivity index (χ0v) is 13.4. The molecule has 10 N–H and O–H groups in total. The highest BCUT2D eigenvalue weighted by Crippen LogP contribution is 2.37. The van der Waals surface area contributed by atoms with Gasteiger partial charge < -0.3 is 46.0 Å². The third-order valence-corrected chi connectivity index (χ3v) is 3.36. The predicted molar refractivity (Wildman–Crippen MR) is 92.0 cm³/mol. The number of rotatable bonds is 2. The molecule has 0 atom stereocenters. The lowest BCUT2D eigenvalue weighted by Crippen LogP contribution is -2.07. The minimum absolute atomic E-state index is 0. The third-order valence-electron chi connectivity index (χ3n) is 3.36. The molecular weight excluding hydrogens is 352 g/mol. The van der Waals surface area contributed by atoms with Crippen molar-refractivity contribution in [1.82, 2.24) is 0 Å². The fourth-order valence-electron chi connectivity index (χ4n) is 2.31. The van der Waals surface area contributed by atoms with Gasteiger partial charge in [0.05, 0.1) is 7.11 Å². The van der Waals surface area contributed by atoms with Crippen molar-refractivity contribution in [3.8, 4) is 40.1 Å². The standard InChI is InChI=1S/C16H12O7.3H2O/c1-22-16-14(21)13-11(20)5-8(17)6-12(13)23-15(16)7-2-3-9(18)10(19)4-7;;;/h2-6,17-20H,1H3;3*1H2. The highest BCUT2D eigenvalue weighted by Gasteiger charge is 2.20. The van der Waals surface area contributed by atoms with Crippen molar-refractivity contribution in [3.05, 3.63) is 40.6 Å². The number of hydrogen-bond acceptors (Lipinski definition) is 7. The van der Waals surface area contributed by atoms with Crippen molar-refractivity contribution in [3.63, 3.8) is 0 Å². The molecule has 2 aromatic carbocycles. The van der Waals surface area contributed by atoms with Gasteiger partial charge in [-0.1, -0.05) is 0 Å². The zero-order chi connectivity index (χ0) is 16.7. The molecular formula is C16H18O10. The van der Waals surface area contributed by atoms with Crippen LogP contribution in [0.1, 0.15) is 0 Å². The summed E-state index contributed by atoms with van der Waals surface area (Å²) in [5.41, 5.74) is -0.399. The zero-order valence-electron chi connectivity index (χ0n) is 13.4. The molecule has 0 bridgehead atoms. The van der Waals surface area contributed by atoms with Crippen molar-refractivity contribution >= 4 is 11.0 Å². The van der Waals surface area contributed by atoms with Gasteiger partial charge in [0.2, 0.25) is 11.2 Å². The Kier molecular flexibility index (Phi) is 6.99. The maximum absolute atomic E-state index is 12.5. The lowest BCUT2D eigenvalue weighted by Gasteiger charge is -2.10. The number of phenolic OH excluding ortho intramolecular Hbond substituents is 4. The van der Waals surface area contributed by atoms with Crippen LogP contribution >= 0.6 is 0 Å². The van der Waals surface area contributed by atoms with Crippen LogP contribution in [0.15, 0.2) is 39.5 Å². The van der Waals surface area contributed by atoms with Gasteiger partial charge in [-0.3, -0.25) is 4.79 Å². The molecule has 0 spiro atoms. The molecule has 3 rings (SSSR count). The van der Waals surface area contributed by atoms with E-state index >= 15 is 0 Å². The van der Waals surface area contributed by atoms with E-state index in [1.165, 1.54) is 31.4 Å². The molecule has 0 unspecified atom stereocenters. The summed E-state index contributed by atoms with van der Waals surface area (Å²) in [6.07, 6.45) is 0. The first-order valence-electron chi connectivity index (χ1n) is 6.51. The largest absolute Gasteiger partial charge is 0.508 e. The summed E-state index contributed by atoms with van der Waals surface area (Å²) in [5, 5.41) is 38.2. The lowest BCUT2D eigenvalue weighted by atomic mass is 10.1. The Balaban J connectivity index is 0.00000208. The second kappa shape index (κ2) is 8.07. The number of methoxy groups -OCH3 is 1. The second-order valence-corrected chi connectivity index (χ2v) is 4.84. The molecule has 142 valence electrons. The average molecular weight is 370 g/mol. The van der Waals surface area contributed by atoms with Crippen LogP contribution in [-0.2, 0) is 0 Å². The summed E-state index contributed by atoms with van der Waals surface area (Å²) in [5.74, 6) is -1.62. The molecule has 0 amide bonds. The summed E-state index contributed by atoms with van der Waals surface area (Å²) in [6, 6.07) is 6.05. The van der Waals surface area contributed by atoms with Gasteiger partial charge in [-0.15, -0.1) is 0 Å². The van der Waals surface area contributed by atoms with Crippen molar-refractivity contribution < 1.29 is 46.0 Å². The number of aromatic hydroxyl groups is 4. The molecule has 0 saturated heterocycles. The van der Waals surface area contributed by atoms with Crippen LogP contribution in [0.3, 0.4) is 0 Å². The fraction of sp³-hybridized carbons (Fsp3) is 0.0625. The summed E-state index contributed by atoms with van der Waals surface area (Å²) in [4.78, 5) is 12.5. The van der Waals surface area contributed by atoms with Crippen LogP contribution < -0.4 is 10.2 Å². The molecule has 1 heterocycles. The van der Waals surface area contributed by atoms with Gasteiger partial charge in [0.15, 0.2) is 17.3 Å². The van der Waals surface area contributed by atoms with Gasteiger partial charge in [0, 0.05) is 17.7 Å². The van der Waals surface area contributed by atoms with Gasteiger partial charge >= 0.3 is 0 Å². The summed E-state index contributed by atoms with van der Waals surface area (Å²) in [7, 11) is 1.26. The van der Waals surface area contributed by atoms with E-state index in [0.717, 1.165) is 6.07 Å². The van der Waals surface area contributed by atoms with Gasteiger partial charge in [0.25, 0.3) is 0 Å². The number of phenols is 4. The molecule has 0 aliphatic heterocycles. The van der Waals surface area contributed by atoms with E-state index in [-0.39, 0.29) is 56.0 Å². The van der Waals surface area contributed by atoms with Crippen LogP contribution in [0.5, 0.6) is 28.7 Å². The van der Waals surface area contributed by atoms with Crippen molar-refractivity contribution in [2.45, 2.75) is 0 Å². The quantitative estimate of drug-likeness (QED) is 0.445. The maximum atomic E-state index is 12.5. The smallest absolute Gasteiger partial charge is 0.239 e. The fourth-order valence-corrected chi connectivity index (χ4v) is 2.31. The molecule has 0 aliphatic rings. The Labute approximate surface area is 145 Å². The van der Waals surface area contributed by atoms with E-state index in [2.05, 4.69) is 0 Å². The van der Waals surface area contributed by atoms with E-state index in [4.69, 9.17) is 9.15 Å². The highest BCUT2D eigenvalue weighted by molar-refractivity contribution is 5.88. The van der Waals surface area contributed by atoms with E-state index in [1.807, 2.05) is 0 Å². The molecule has 10 heteroatoms. The molecule has 0 aliphatic carbocycles. The van der Waals surface area contributed by atoms with Crippen LogP contribution in [0.2, 0.25) is 0 Å². The molecule has 3 aromatic rings. The minimum Gasteiger partial charge on any atom is -0.508 e. The first-order valence-corrected chi connectivity index (χ1v) is 6.51. The Hall–Kier alpha value is -3.47. The average Bonchev–Trinajstić information content (AvgIpc) is 2.49. The molecule has 0 fully saturated rings. The van der Waals surface area contributed by atoms with Gasteiger partial charge in [-0.25, -0.2) is 0 Å². The van der Waals surface area contributed by atoms with Crippen molar-refractivity contribution in [2.24, 2.45) is 0 Å². The minimum atomic E-state index is -0.631. The van der Waals surface area contributed by atoms with Crippen LogP contribution in [0.4, 0.5) is 0 Å². The highest BCUT2D eigenvalue weighted by atomic mass is 16.5. The summed E-state index contributed by atoms with van der Waals surface area (Å²) < 4.78 is 10.6. The van der Waals surface area contributed by atoms with E-state index in [0.29, 0.717) is 0 Å². The predicted octanol–water partition coefficient (Wildman–Crippen LogP) is -0.183. The molecule has 0 radical (unpaired) electrons. The molecule has 1 aromatic heterocycles. The second-order valence-electron chi connectivity index (χ2n) is 4.84. The van der Waals surface area contributed by atoms with Gasteiger partial charge in [-0.05, 0) is 18.2 Å². The Morgan fingerprint density at radius 1 is 0.885 bits per heavy atom. The van der Waals surface area contributed by atoms with Crippen molar-refractivity contribution in [2.75, 3.05) is 7.11 Å². The Morgan fingerprint density at radius 2 is 1.54 bits per heavy atom. The molecule has 0 saturated carbocycles. The summed E-state index contributed by atoms with van der Waals surface area (Å²) in [6.45, 7) is 0. The van der Waals surface area contributed by atoms with E-state index in [1.54, 1.807) is 0 Å². The summed E-state index contributed by atoms with van der Waals surface area (Å²) >= 11 is 0. The third kappa shape index (κ3) is 3.47. The molecule has 10 nitrogen and oxygen atoms in total. The van der Waals surface area contributed by atoms with Crippen LogP contribution in [0.25, 0.3) is 22.3 Å². The number of fused-ring (bicyclic) bond motifs is 1. The SMILES string of the molecule is COc1c(-c2ccc(O)c(O)c2)oc2cc(O)cc(O)c2c1=O.O.O.O. The Morgan fingerprint density at radius 3 is 2.12 bits per heavy atom. The number of benzene rings is 2. The van der Waals surface area contributed by atoms with Crippen LogP contribution in [-0.4, -0.2) is 44.0 Å². The number of ether oxygens (including phenoxy) is 1. The maximum Gasteiger partial charge on any atom is 0.239 e. The van der Waals surface area contributed by atoms with E-state index < -0.39 is 16.9 Å². The molecule has 26 heavy (non-hydrogen) atoms. The monoisotopic (exact) mass is 370 g/mol. The topological polar surface area (TPSA) is 215 Å². The van der Waals surface area contributed by atoms with Crippen LogP contribution in [0, 0.1) is 0 Å². The first kappa shape index (κ1) is 22.5. The Bertz CT molecular complexity index is 977. The van der Waals surface area contributed by atoms with Crippen molar-refractivity contribution in [1.29, 1.82) is 0 Å². The lowest BCUT2D eigenvalue weighted by molar-refractivity contribution is 0.395. The first-order chi connectivity index (χ1) is 10.9. The normalized spacial score (nSPS) is 9.58. The van der Waals surface area contributed by atoms with Gasteiger partial charge in [-0.2, -0.15) is 0 Å². The van der Waals surface area contributed by atoms with E-state index in [9.17, 15) is 25.2 Å². The number of hydrogen-bond donors (Lipinski definition) is 4. The van der Waals surface area contributed by atoms with Gasteiger partial charge in [0.1, 0.15) is 22.5 Å².